The molecule has 1 aromatic carbocycles. The molecule has 0 saturated carbocycles. The number of rotatable bonds is 5. The molecule has 6 heteroatoms. The van der Waals surface area contributed by atoms with E-state index in [1.807, 2.05) is 30.3 Å². The molecule has 0 heterocycles. The highest BCUT2D eigenvalue weighted by atomic mass is 32.9. The van der Waals surface area contributed by atoms with E-state index in [4.69, 9.17) is 20.9 Å². The maximum atomic E-state index is 5.17. The van der Waals surface area contributed by atoms with Crippen LogP contribution in [0.2, 0.25) is 0 Å². The Hall–Kier alpha value is -0.0600. The first kappa shape index (κ1) is 12.0. The van der Waals surface area contributed by atoms with Crippen LogP contribution >= 0.6 is 17.3 Å². The lowest BCUT2D eigenvalue weighted by Gasteiger charge is -2.16. The topological polar surface area (TPSA) is 30.5 Å². The molecule has 0 fully saturated rings. The molecule has 0 bridgehead atoms. The second kappa shape index (κ2) is 5.73. The van der Waals surface area contributed by atoms with E-state index in [2.05, 4.69) is 4.72 Å². The van der Waals surface area contributed by atoms with Gasteiger partial charge in [-0.2, -0.15) is 0 Å². The first-order valence-electron chi connectivity index (χ1n) is 3.91. The van der Waals surface area contributed by atoms with E-state index in [1.165, 1.54) is 11.6 Å². The molecule has 0 aliphatic rings. The zero-order valence-corrected chi connectivity index (χ0v) is 10.5. The van der Waals surface area contributed by atoms with Crippen LogP contribution in [-0.4, -0.2) is 14.2 Å². The Labute approximate surface area is 93.2 Å². The summed E-state index contributed by atoms with van der Waals surface area (Å²) in [5.74, 6) is 0. The Morgan fingerprint density at radius 3 is 2.29 bits per heavy atom. The van der Waals surface area contributed by atoms with Crippen molar-refractivity contribution >= 4 is 34.8 Å². The van der Waals surface area contributed by atoms with Crippen molar-refractivity contribution < 1.29 is 9.05 Å². The third kappa shape index (κ3) is 3.59. The van der Waals surface area contributed by atoms with Gasteiger partial charge >= 0.3 is 0 Å². The van der Waals surface area contributed by atoms with Crippen molar-refractivity contribution in [3.05, 3.63) is 30.3 Å². The zero-order chi connectivity index (χ0) is 10.4. The summed E-state index contributed by atoms with van der Waals surface area (Å²) in [7, 11) is 3.12. The van der Waals surface area contributed by atoms with Crippen molar-refractivity contribution in [3.8, 4) is 0 Å². The maximum Gasteiger partial charge on any atom is 0.267 e. The molecule has 0 aliphatic heterocycles. The van der Waals surface area contributed by atoms with Gasteiger partial charge in [-0.3, -0.25) is 0 Å². The van der Waals surface area contributed by atoms with Gasteiger partial charge in [-0.25, -0.2) is 0 Å². The second-order valence-corrected chi connectivity index (χ2v) is 8.51. The highest BCUT2D eigenvalue weighted by Gasteiger charge is 2.16. The van der Waals surface area contributed by atoms with Gasteiger partial charge in [0.2, 0.25) is 0 Å². The Bertz CT molecular complexity index is 312. The van der Waals surface area contributed by atoms with Gasteiger partial charge in [0.25, 0.3) is 5.69 Å². The van der Waals surface area contributed by atoms with Gasteiger partial charge in [0, 0.05) is 31.5 Å². The molecular weight excluding hydrogens is 237 g/mol. The molecule has 14 heavy (non-hydrogen) atoms. The molecule has 0 spiro atoms. The van der Waals surface area contributed by atoms with Crippen molar-refractivity contribution in [1.29, 1.82) is 0 Å². The lowest BCUT2D eigenvalue weighted by Crippen LogP contribution is -1.89. The van der Waals surface area contributed by atoms with Crippen LogP contribution in [0, 0.1) is 0 Å². The number of anilines is 1. The molecular formula is C8H12NO2PS2. The van der Waals surface area contributed by atoms with Gasteiger partial charge in [-0.05, 0) is 23.9 Å². The highest BCUT2D eigenvalue weighted by Crippen LogP contribution is 2.59. The van der Waals surface area contributed by atoms with Crippen LogP contribution in [0.25, 0.3) is 0 Å². The summed E-state index contributed by atoms with van der Waals surface area (Å²) in [5, 5.41) is 0. The van der Waals surface area contributed by atoms with Crippen molar-refractivity contribution in [2.24, 2.45) is 0 Å². The average molecular weight is 249 g/mol. The van der Waals surface area contributed by atoms with Gasteiger partial charge in [-0.1, -0.05) is 18.2 Å². The van der Waals surface area contributed by atoms with Crippen molar-refractivity contribution in [2.75, 3.05) is 18.9 Å². The standard InChI is InChI=1S/C8H12NO2PS2/c1-10-12(13,11-2)14-9-8-6-4-3-5-7-8/h3-7,9H,1-2H3. The quantitative estimate of drug-likeness (QED) is 0.639. The Balaban J connectivity index is 2.52. The first-order chi connectivity index (χ1) is 6.70. The van der Waals surface area contributed by atoms with Crippen LogP contribution in [0.5, 0.6) is 0 Å². The van der Waals surface area contributed by atoms with Gasteiger partial charge in [0.15, 0.2) is 0 Å². The monoisotopic (exact) mass is 249 g/mol. The largest absolute Gasteiger partial charge is 0.324 e. The van der Waals surface area contributed by atoms with E-state index >= 15 is 0 Å². The fraction of sp³-hybridized carbons (Fsp3) is 0.250. The maximum absolute atomic E-state index is 5.17. The van der Waals surface area contributed by atoms with Crippen LogP contribution in [0.15, 0.2) is 30.3 Å². The summed E-state index contributed by atoms with van der Waals surface area (Å²) in [4.78, 5) is 0. The molecule has 3 nitrogen and oxygen atoms in total. The van der Waals surface area contributed by atoms with E-state index in [0.717, 1.165) is 5.69 Å². The van der Waals surface area contributed by atoms with Crippen LogP contribution in [0.1, 0.15) is 0 Å². The lowest BCUT2D eigenvalue weighted by atomic mass is 10.3. The van der Waals surface area contributed by atoms with Crippen molar-refractivity contribution in [3.63, 3.8) is 0 Å². The van der Waals surface area contributed by atoms with Crippen LogP contribution < -0.4 is 4.72 Å². The third-order valence-corrected chi connectivity index (χ3v) is 6.35. The fourth-order valence-corrected chi connectivity index (χ4v) is 2.85. The van der Waals surface area contributed by atoms with Gasteiger partial charge in [0.05, 0.1) is 0 Å². The van der Waals surface area contributed by atoms with Crippen LogP contribution in [-0.2, 0) is 20.9 Å². The van der Waals surface area contributed by atoms with E-state index in [1.54, 1.807) is 14.2 Å². The Morgan fingerprint density at radius 1 is 1.21 bits per heavy atom. The fourth-order valence-electron chi connectivity index (χ4n) is 0.764. The molecule has 0 unspecified atom stereocenters. The van der Waals surface area contributed by atoms with Crippen molar-refractivity contribution in [1.82, 2.24) is 0 Å². The predicted octanol–water partition coefficient (Wildman–Crippen LogP) is 3.26. The van der Waals surface area contributed by atoms with Gasteiger partial charge in [-0.15, -0.1) is 0 Å². The summed E-state index contributed by atoms with van der Waals surface area (Å²) < 4.78 is 13.3. The normalized spacial score (nSPS) is 11.3. The number of benzene rings is 1. The van der Waals surface area contributed by atoms with E-state index < -0.39 is 5.69 Å². The molecule has 78 valence electrons. The predicted molar refractivity (Wildman–Crippen MR) is 66.0 cm³/mol. The van der Waals surface area contributed by atoms with E-state index in [-0.39, 0.29) is 0 Å². The third-order valence-electron chi connectivity index (χ3n) is 1.50. The molecule has 0 aromatic heterocycles. The molecule has 1 rings (SSSR count). The van der Waals surface area contributed by atoms with Gasteiger partial charge < -0.3 is 13.8 Å². The molecule has 0 aliphatic carbocycles. The average Bonchev–Trinajstić information content (AvgIpc) is 2.27. The molecule has 0 amide bonds. The minimum Gasteiger partial charge on any atom is -0.324 e. The second-order valence-electron chi connectivity index (χ2n) is 2.37. The molecule has 1 N–H and O–H groups in total. The smallest absolute Gasteiger partial charge is 0.267 e. The summed E-state index contributed by atoms with van der Waals surface area (Å²) >= 11 is 6.48. The summed E-state index contributed by atoms with van der Waals surface area (Å²) in [6.45, 7) is 0. The van der Waals surface area contributed by atoms with E-state index in [9.17, 15) is 0 Å². The Morgan fingerprint density at radius 2 is 1.79 bits per heavy atom. The lowest BCUT2D eigenvalue weighted by molar-refractivity contribution is 0.354. The number of nitrogens with one attached hydrogen (secondary N) is 1. The SMILES string of the molecule is COP(=S)(OC)SNc1ccccc1. The number of para-hydroxylation sites is 1. The van der Waals surface area contributed by atoms with E-state index in [0.29, 0.717) is 0 Å². The summed E-state index contributed by atoms with van der Waals surface area (Å²) in [5.41, 5.74) is -1.22. The molecule has 0 saturated heterocycles. The minimum absolute atomic E-state index is 0.987. The summed E-state index contributed by atoms with van der Waals surface area (Å²) in [6, 6.07) is 9.77. The van der Waals surface area contributed by atoms with Crippen LogP contribution in [0.3, 0.4) is 0 Å². The molecule has 0 radical (unpaired) electrons. The van der Waals surface area contributed by atoms with Crippen molar-refractivity contribution in [2.45, 2.75) is 0 Å². The first-order valence-corrected chi connectivity index (χ1v) is 7.97. The Kier molecular flexibility index (Phi) is 4.92. The summed E-state index contributed by atoms with van der Waals surface area (Å²) in [6.07, 6.45) is 0. The minimum atomic E-state index is -2.21. The highest BCUT2D eigenvalue weighted by molar-refractivity contribution is 8.68. The van der Waals surface area contributed by atoms with Crippen LogP contribution in [0.4, 0.5) is 5.69 Å². The number of hydrogen-bond donors (Lipinski definition) is 1. The molecule has 1 aromatic rings. The molecule has 0 atom stereocenters. The van der Waals surface area contributed by atoms with Gasteiger partial charge in [0.1, 0.15) is 0 Å². The number of hydrogen-bond acceptors (Lipinski definition) is 5. The zero-order valence-electron chi connectivity index (χ0n) is 7.97.